The lowest BCUT2D eigenvalue weighted by Crippen LogP contribution is -2.58. The molecule has 3 amide bonds. The molecule has 9 heteroatoms. The highest BCUT2D eigenvalue weighted by Gasteiger charge is 2.40. The number of β-amino-alcohol motifs (C(OH)–C–C–N with tert-alkyl or cyclic N) is 1. The van der Waals surface area contributed by atoms with Crippen molar-refractivity contribution in [2.75, 3.05) is 39.3 Å². The van der Waals surface area contributed by atoms with Gasteiger partial charge in [-0.25, -0.2) is 0 Å². The topological polar surface area (TPSA) is 120 Å². The van der Waals surface area contributed by atoms with Crippen molar-refractivity contribution in [2.24, 2.45) is 11.7 Å². The minimum Gasteiger partial charge on any atom is -0.389 e. The molecule has 3 fully saturated rings. The van der Waals surface area contributed by atoms with E-state index in [1.54, 1.807) is 4.90 Å². The van der Waals surface area contributed by atoms with E-state index in [1.165, 1.54) is 18.5 Å². The quantitative estimate of drug-likeness (QED) is 0.700. The number of nitrogens with zero attached hydrogens (tertiary/aromatic N) is 4. The maximum absolute atomic E-state index is 13.0. The molecule has 168 valence electrons. The average Bonchev–Trinajstić information content (AvgIpc) is 3.10. The first-order chi connectivity index (χ1) is 14.7. The summed E-state index contributed by atoms with van der Waals surface area (Å²) in [4.78, 5) is 47.2. The van der Waals surface area contributed by atoms with Crippen LogP contribution < -0.4 is 5.73 Å². The second-order valence-corrected chi connectivity index (χ2v) is 9.38. The van der Waals surface area contributed by atoms with Crippen molar-refractivity contribution in [3.8, 4) is 0 Å². The SMILES string of the molecule is CC1(O)CCN(CC(=O)N2CCC[C@@H]3CN(C(=O)c4cncc(C(N)=O)c4)CC[C@@H]32)C1. The Balaban J connectivity index is 1.39. The predicted octanol–water partition coefficient (Wildman–Crippen LogP) is 0.0903. The summed E-state index contributed by atoms with van der Waals surface area (Å²) in [6, 6.07) is 1.63. The highest BCUT2D eigenvalue weighted by Crippen LogP contribution is 2.32. The number of fused-ring (bicyclic) bond motifs is 1. The molecule has 0 radical (unpaired) electrons. The average molecular weight is 430 g/mol. The smallest absolute Gasteiger partial charge is 0.255 e. The molecule has 1 unspecified atom stereocenters. The molecular weight excluding hydrogens is 398 g/mol. The van der Waals surface area contributed by atoms with Gasteiger partial charge in [-0.1, -0.05) is 0 Å². The van der Waals surface area contributed by atoms with Gasteiger partial charge in [-0.2, -0.15) is 0 Å². The molecule has 4 heterocycles. The van der Waals surface area contributed by atoms with E-state index in [-0.39, 0.29) is 29.3 Å². The molecule has 3 atom stereocenters. The molecule has 31 heavy (non-hydrogen) atoms. The molecule has 0 spiro atoms. The van der Waals surface area contributed by atoms with Gasteiger partial charge in [0.2, 0.25) is 11.8 Å². The number of hydrogen-bond donors (Lipinski definition) is 2. The molecule has 4 rings (SSSR count). The van der Waals surface area contributed by atoms with Crippen LogP contribution in [-0.2, 0) is 4.79 Å². The molecule has 0 aliphatic carbocycles. The largest absolute Gasteiger partial charge is 0.389 e. The van der Waals surface area contributed by atoms with Gasteiger partial charge in [0.1, 0.15) is 0 Å². The van der Waals surface area contributed by atoms with Crippen molar-refractivity contribution in [1.82, 2.24) is 19.7 Å². The normalized spacial score (nSPS) is 29.0. The van der Waals surface area contributed by atoms with Gasteiger partial charge in [0, 0.05) is 51.2 Å². The fourth-order valence-electron chi connectivity index (χ4n) is 5.23. The van der Waals surface area contributed by atoms with E-state index >= 15 is 0 Å². The van der Waals surface area contributed by atoms with Gasteiger partial charge in [-0.05, 0) is 44.6 Å². The van der Waals surface area contributed by atoms with E-state index in [4.69, 9.17) is 5.73 Å². The number of primary amides is 1. The van der Waals surface area contributed by atoms with Gasteiger partial charge in [-0.3, -0.25) is 24.3 Å². The summed E-state index contributed by atoms with van der Waals surface area (Å²) in [5.74, 6) is -0.409. The molecule has 1 aromatic rings. The zero-order valence-corrected chi connectivity index (χ0v) is 18.0. The van der Waals surface area contributed by atoms with Crippen LogP contribution >= 0.6 is 0 Å². The molecule has 0 aromatic carbocycles. The van der Waals surface area contributed by atoms with Crippen LogP contribution in [0.25, 0.3) is 0 Å². The highest BCUT2D eigenvalue weighted by molar-refractivity contribution is 5.98. The van der Waals surface area contributed by atoms with Crippen molar-refractivity contribution >= 4 is 17.7 Å². The zero-order valence-electron chi connectivity index (χ0n) is 18.0. The number of amides is 3. The van der Waals surface area contributed by atoms with E-state index in [0.717, 1.165) is 32.4 Å². The Labute approximate surface area is 182 Å². The minimum atomic E-state index is -0.711. The number of likely N-dealkylation sites (tertiary alicyclic amines) is 3. The van der Waals surface area contributed by atoms with Crippen molar-refractivity contribution in [2.45, 2.75) is 44.2 Å². The maximum Gasteiger partial charge on any atom is 0.255 e. The Hall–Kier alpha value is -2.52. The lowest BCUT2D eigenvalue weighted by molar-refractivity contribution is -0.139. The number of nitrogens with two attached hydrogens (primary N) is 1. The van der Waals surface area contributed by atoms with E-state index in [1.807, 2.05) is 16.7 Å². The number of carbonyl (C=O) groups excluding carboxylic acids is 3. The third-order valence-corrected chi connectivity index (χ3v) is 6.84. The minimum absolute atomic E-state index is 0.116. The second-order valence-electron chi connectivity index (χ2n) is 9.38. The first-order valence-electron chi connectivity index (χ1n) is 11.0. The summed E-state index contributed by atoms with van der Waals surface area (Å²) < 4.78 is 0. The number of aromatic nitrogens is 1. The number of aliphatic hydroxyl groups is 1. The van der Waals surface area contributed by atoms with Crippen LogP contribution in [0, 0.1) is 5.92 Å². The Morgan fingerprint density at radius 1 is 1.19 bits per heavy atom. The van der Waals surface area contributed by atoms with E-state index in [9.17, 15) is 19.5 Å². The third-order valence-electron chi connectivity index (χ3n) is 6.84. The van der Waals surface area contributed by atoms with Gasteiger partial charge >= 0.3 is 0 Å². The number of carbonyl (C=O) groups is 3. The third kappa shape index (κ3) is 4.72. The number of hydrogen-bond acceptors (Lipinski definition) is 6. The van der Waals surface area contributed by atoms with Crippen LogP contribution in [0.4, 0.5) is 0 Å². The van der Waals surface area contributed by atoms with E-state index in [2.05, 4.69) is 4.98 Å². The number of rotatable bonds is 4. The van der Waals surface area contributed by atoms with Crippen LogP contribution in [-0.4, -0.2) is 93.4 Å². The van der Waals surface area contributed by atoms with Crippen LogP contribution in [0.1, 0.15) is 53.3 Å². The van der Waals surface area contributed by atoms with Gasteiger partial charge in [0.05, 0.1) is 23.3 Å². The highest BCUT2D eigenvalue weighted by atomic mass is 16.3. The summed E-state index contributed by atoms with van der Waals surface area (Å²) >= 11 is 0. The lowest BCUT2D eigenvalue weighted by Gasteiger charge is -2.47. The van der Waals surface area contributed by atoms with E-state index < -0.39 is 11.5 Å². The first-order valence-corrected chi connectivity index (χ1v) is 11.0. The second kappa shape index (κ2) is 8.55. The van der Waals surface area contributed by atoms with Crippen molar-refractivity contribution in [3.63, 3.8) is 0 Å². The molecule has 0 bridgehead atoms. The summed E-state index contributed by atoms with van der Waals surface area (Å²) in [6.45, 7) is 5.32. The van der Waals surface area contributed by atoms with Crippen LogP contribution in [0.2, 0.25) is 0 Å². The summed E-state index contributed by atoms with van der Waals surface area (Å²) in [6.07, 6.45) is 6.15. The first kappa shape index (κ1) is 21.7. The Bertz CT molecular complexity index is 873. The fraction of sp³-hybridized carbons (Fsp3) is 0.636. The van der Waals surface area contributed by atoms with Gasteiger partial charge in [0.15, 0.2) is 0 Å². The number of pyridine rings is 1. The Kier molecular flexibility index (Phi) is 5.98. The summed E-state index contributed by atoms with van der Waals surface area (Å²) in [5, 5.41) is 10.2. The summed E-state index contributed by atoms with van der Waals surface area (Å²) in [5.41, 5.74) is 5.17. The van der Waals surface area contributed by atoms with E-state index in [0.29, 0.717) is 38.2 Å². The molecule has 9 nitrogen and oxygen atoms in total. The monoisotopic (exact) mass is 429 g/mol. The van der Waals surface area contributed by atoms with Crippen molar-refractivity contribution in [3.05, 3.63) is 29.6 Å². The van der Waals surface area contributed by atoms with Gasteiger partial charge in [0.25, 0.3) is 5.91 Å². The molecule has 1 aromatic heterocycles. The van der Waals surface area contributed by atoms with Crippen molar-refractivity contribution < 1.29 is 19.5 Å². The fourth-order valence-corrected chi connectivity index (χ4v) is 5.23. The van der Waals surface area contributed by atoms with Gasteiger partial charge < -0.3 is 20.6 Å². The zero-order chi connectivity index (χ0) is 22.2. The molecular formula is C22H31N5O4. The maximum atomic E-state index is 13.0. The molecule has 0 saturated carbocycles. The molecule has 3 saturated heterocycles. The Morgan fingerprint density at radius 2 is 1.97 bits per heavy atom. The van der Waals surface area contributed by atoms with Crippen LogP contribution in [0.15, 0.2) is 18.5 Å². The predicted molar refractivity (Wildman–Crippen MR) is 113 cm³/mol. The van der Waals surface area contributed by atoms with Crippen LogP contribution in [0.5, 0.6) is 0 Å². The standard InChI is InChI=1S/C22H31N5O4/c1-22(31)5-8-25(14-22)13-19(28)27-6-2-3-15-12-26(7-4-18(15)27)21(30)17-9-16(20(23)29)10-24-11-17/h9-11,15,18,31H,2-8,12-14H2,1H3,(H2,23,29)/t15-,18+,22?/m1/s1. The lowest BCUT2D eigenvalue weighted by atomic mass is 9.83. The summed E-state index contributed by atoms with van der Waals surface area (Å²) in [7, 11) is 0. The van der Waals surface area contributed by atoms with Crippen LogP contribution in [0.3, 0.4) is 0 Å². The van der Waals surface area contributed by atoms with Crippen molar-refractivity contribution in [1.29, 1.82) is 0 Å². The molecule has 3 aliphatic heterocycles. The molecule has 3 N–H and O–H groups in total. The number of piperidine rings is 2. The Morgan fingerprint density at radius 3 is 2.68 bits per heavy atom. The van der Waals surface area contributed by atoms with Gasteiger partial charge in [-0.15, -0.1) is 0 Å². The molecule has 3 aliphatic rings.